The van der Waals surface area contributed by atoms with Crippen LogP contribution in [0.2, 0.25) is 0 Å². The third kappa shape index (κ3) is 45.9. The first kappa shape index (κ1) is 61.4. The first-order valence-corrected chi connectivity index (χ1v) is 26.4. The maximum atomic E-state index is 12.7. The van der Waals surface area contributed by atoms with Crippen molar-refractivity contribution in [3.05, 3.63) is 72.9 Å². The van der Waals surface area contributed by atoms with Crippen molar-refractivity contribution >= 4 is 19.8 Å². The topological polar surface area (TPSA) is 169 Å². The van der Waals surface area contributed by atoms with Crippen molar-refractivity contribution in [1.82, 2.24) is 0 Å². The van der Waals surface area contributed by atoms with E-state index >= 15 is 0 Å². The molecular formula is C52H91O11P. The minimum absolute atomic E-state index is 0.0913. The van der Waals surface area contributed by atoms with Crippen molar-refractivity contribution in [3.63, 3.8) is 0 Å². The molecule has 0 spiro atoms. The predicted octanol–water partition coefficient (Wildman–Crippen LogP) is 12.8. The third-order valence-corrected chi connectivity index (χ3v) is 11.3. The second kappa shape index (κ2) is 45.5. The highest BCUT2D eigenvalue weighted by atomic mass is 31.2. The van der Waals surface area contributed by atoms with Gasteiger partial charge in [-0.25, -0.2) is 4.57 Å². The summed E-state index contributed by atoms with van der Waals surface area (Å²) in [4.78, 5) is 35.1. The largest absolute Gasteiger partial charge is 0.472 e. The van der Waals surface area contributed by atoms with Crippen LogP contribution in [-0.4, -0.2) is 76.9 Å². The fourth-order valence-corrected chi connectivity index (χ4v) is 7.37. The minimum Gasteiger partial charge on any atom is -0.462 e. The van der Waals surface area contributed by atoms with E-state index in [2.05, 4.69) is 39.0 Å². The van der Waals surface area contributed by atoms with Gasteiger partial charge in [0, 0.05) is 12.8 Å². The maximum Gasteiger partial charge on any atom is 0.472 e. The number of carbonyl (C=O) groups excluding carboxylic acids is 2. The number of aliphatic hydroxyl groups is 3. The van der Waals surface area contributed by atoms with E-state index in [0.717, 1.165) is 44.4 Å². The van der Waals surface area contributed by atoms with E-state index < -0.39 is 57.9 Å². The molecule has 4 atom stereocenters. The molecule has 0 amide bonds. The highest BCUT2D eigenvalue weighted by Crippen LogP contribution is 2.43. The normalized spacial score (nSPS) is 14.9. The Hall–Kier alpha value is -2.63. The summed E-state index contributed by atoms with van der Waals surface area (Å²) in [7, 11) is -4.65. The van der Waals surface area contributed by atoms with Gasteiger partial charge >= 0.3 is 19.8 Å². The van der Waals surface area contributed by atoms with E-state index in [-0.39, 0.29) is 19.4 Å². The molecule has 0 saturated carbocycles. The summed E-state index contributed by atoms with van der Waals surface area (Å²) in [6.07, 6.45) is 49.1. The van der Waals surface area contributed by atoms with Gasteiger partial charge in [-0.1, -0.05) is 209 Å². The molecule has 0 aliphatic heterocycles. The lowest BCUT2D eigenvalue weighted by Crippen LogP contribution is -2.29. The van der Waals surface area contributed by atoms with Crippen molar-refractivity contribution in [2.24, 2.45) is 5.92 Å². The van der Waals surface area contributed by atoms with Crippen LogP contribution in [0.3, 0.4) is 0 Å². The van der Waals surface area contributed by atoms with Crippen molar-refractivity contribution in [3.8, 4) is 0 Å². The number of carbonyl (C=O) groups is 2. The number of allylic oxidation sites excluding steroid dienone is 10. The number of phosphoric acid groups is 1. The molecule has 0 heterocycles. The van der Waals surface area contributed by atoms with E-state index in [0.29, 0.717) is 25.7 Å². The molecule has 0 aromatic carbocycles. The molecule has 64 heavy (non-hydrogen) atoms. The summed E-state index contributed by atoms with van der Waals surface area (Å²) in [6.45, 7) is 4.47. The van der Waals surface area contributed by atoms with Crippen LogP contribution in [0.5, 0.6) is 0 Å². The number of phosphoric ester groups is 1. The fraction of sp³-hybridized carbons (Fsp3) is 0.731. The highest BCUT2D eigenvalue weighted by molar-refractivity contribution is 7.47. The zero-order chi connectivity index (χ0) is 47.2. The summed E-state index contributed by atoms with van der Waals surface area (Å²) >= 11 is 0. The number of aliphatic hydroxyl groups excluding tert-OH is 3. The lowest BCUT2D eigenvalue weighted by atomic mass is 10.0. The van der Waals surface area contributed by atoms with Crippen LogP contribution in [0, 0.1) is 5.92 Å². The zero-order valence-corrected chi connectivity index (χ0v) is 41.1. The molecule has 0 aromatic rings. The molecule has 0 aliphatic carbocycles. The molecule has 0 bridgehead atoms. The molecule has 0 rings (SSSR count). The second-order valence-electron chi connectivity index (χ2n) is 17.1. The van der Waals surface area contributed by atoms with Crippen molar-refractivity contribution in [2.45, 2.75) is 212 Å². The third-order valence-electron chi connectivity index (χ3n) is 10.4. The number of esters is 2. The van der Waals surface area contributed by atoms with Crippen LogP contribution in [0.1, 0.15) is 194 Å². The molecule has 370 valence electrons. The van der Waals surface area contributed by atoms with E-state index in [4.69, 9.17) is 23.6 Å². The Bertz CT molecular complexity index is 1320. The van der Waals surface area contributed by atoms with Gasteiger partial charge in [0.2, 0.25) is 0 Å². The van der Waals surface area contributed by atoms with E-state index in [1.807, 2.05) is 48.6 Å². The molecule has 0 aromatic heterocycles. The van der Waals surface area contributed by atoms with Crippen LogP contribution in [0.4, 0.5) is 0 Å². The minimum atomic E-state index is -4.65. The molecule has 11 nitrogen and oxygen atoms in total. The van der Waals surface area contributed by atoms with Gasteiger partial charge < -0.3 is 29.7 Å². The van der Waals surface area contributed by atoms with Gasteiger partial charge in [0.1, 0.15) is 12.7 Å². The summed E-state index contributed by atoms with van der Waals surface area (Å²) in [5.74, 6) is -0.215. The molecule has 0 fully saturated rings. The van der Waals surface area contributed by atoms with Crippen LogP contribution in [-0.2, 0) is 32.7 Å². The van der Waals surface area contributed by atoms with Gasteiger partial charge in [-0.05, 0) is 50.9 Å². The van der Waals surface area contributed by atoms with Gasteiger partial charge in [0.25, 0.3) is 0 Å². The maximum absolute atomic E-state index is 12.7. The summed E-state index contributed by atoms with van der Waals surface area (Å²) in [6, 6.07) is 0. The van der Waals surface area contributed by atoms with Crippen molar-refractivity contribution in [2.75, 3.05) is 26.4 Å². The molecule has 0 radical (unpaired) electrons. The average molecular weight is 923 g/mol. The number of unbranched alkanes of at least 4 members (excludes halogenated alkanes) is 17. The van der Waals surface area contributed by atoms with E-state index in [9.17, 15) is 29.3 Å². The SMILES string of the molecule is CC/C=C\C/C=C\CC(O)/C=C/C=C\C/C=C\C/C=C\CCC(=O)OC[C@H](COP(=O)(O)OC[C@@H](O)CO)OC(=O)CCCCCCCCCCCCCCCCCCCCC(C)C. The van der Waals surface area contributed by atoms with Crippen molar-refractivity contribution < 1.29 is 52.9 Å². The van der Waals surface area contributed by atoms with Gasteiger partial charge in [0.05, 0.1) is 25.9 Å². The Labute approximate surface area is 389 Å². The van der Waals surface area contributed by atoms with Gasteiger partial charge in [-0.2, -0.15) is 0 Å². The Balaban J connectivity index is 4.35. The second-order valence-corrected chi connectivity index (χ2v) is 18.6. The lowest BCUT2D eigenvalue weighted by molar-refractivity contribution is -0.161. The quantitative estimate of drug-likeness (QED) is 0.0151. The summed E-state index contributed by atoms with van der Waals surface area (Å²) in [5, 5.41) is 28.4. The molecular weight excluding hydrogens is 832 g/mol. The molecule has 0 saturated heterocycles. The predicted molar refractivity (Wildman–Crippen MR) is 262 cm³/mol. The standard InChI is InChI=1S/C52H91O11P/c1-4-5-6-7-29-34-39-48(54)40-35-30-25-21-18-19-22-26-31-36-41-51(56)60-45-50(46-62-64(58,59)61-44-49(55)43-53)63-52(57)42-37-32-27-23-17-15-13-11-9-8-10-12-14-16-20-24-28-33-38-47(2)3/h5-6,18-19,25-26,29-31,34-35,40,47-50,53-55H,4,7-17,20-24,27-28,32-33,36-39,41-46H2,1-3H3,(H,58,59)/b6-5-,19-18-,30-25-,31-26-,34-29-,40-35+/t48?,49-,50+/m0/s1. The van der Waals surface area contributed by atoms with E-state index in [1.54, 1.807) is 6.08 Å². The smallest absolute Gasteiger partial charge is 0.462 e. The van der Waals surface area contributed by atoms with Crippen molar-refractivity contribution in [1.29, 1.82) is 0 Å². The van der Waals surface area contributed by atoms with Crippen LogP contribution in [0.15, 0.2) is 72.9 Å². The first-order chi connectivity index (χ1) is 31.0. The Morgan fingerprint density at radius 2 is 1.08 bits per heavy atom. The Morgan fingerprint density at radius 3 is 1.64 bits per heavy atom. The lowest BCUT2D eigenvalue weighted by Gasteiger charge is -2.20. The van der Waals surface area contributed by atoms with Gasteiger partial charge in [-0.15, -0.1) is 0 Å². The van der Waals surface area contributed by atoms with Crippen LogP contribution in [0.25, 0.3) is 0 Å². The van der Waals surface area contributed by atoms with Crippen LogP contribution < -0.4 is 0 Å². The van der Waals surface area contributed by atoms with E-state index in [1.165, 1.54) is 96.3 Å². The molecule has 4 N–H and O–H groups in total. The molecule has 2 unspecified atom stereocenters. The molecule has 12 heteroatoms. The number of hydrogen-bond acceptors (Lipinski definition) is 10. The monoisotopic (exact) mass is 923 g/mol. The van der Waals surface area contributed by atoms with Crippen LogP contribution >= 0.6 is 7.82 Å². The average Bonchev–Trinajstić information content (AvgIpc) is 3.27. The number of hydrogen-bond donors (Lipinski definition) is 4. The highest BCUT2D eigenvalue weighted by Gasteiger charge is 2.27. The zero-order valence-electron chi connectivity index (χ0n) is 40.3. The fourth-order valence-electron chi connectivity index (χ4n) is 6.58. The molecule has 0 aliphatic rings. The summed E-state index contributed by atoms with van der Waals surface area (Å²) in [5.41, 5.74) is 0. The van der Waals surface area contributed by atoms with Gasteiger partial charge in [-0.3, -0.25) is 18.6 Å². The Morgan fingerprint density at radius 1 is 0.578 bits per heavy atom. The number of rotatable bonds is 45. The summed E-state index contributed by atoms with van der Waals surface area (Å²) < 4.78 is 32.7. The first-order valence-electron chi connectivity index (χ1n) is 24.9. The van der Waals surface area contributed by atoms with Gasteiger partial charge in [0.15, 0.2) is 6.10 Å². The Kier molecular flexibility index (Phi) is 43.7. The number of ether oxygens (including phenoxy) is 2.